The Hall–Kier alpha value is -2.68. The van der Waals surface area contributed by atoms with Crippen molar-refractivity contribution in [1.82, 2.24) is 25.1 Å². The highest BCUT2D eigenvalue weighted by atomic mass is 32.1. The zero-order valence-corrected chi connectivity index (χ0v) is 20.1. The molecule has 0 radical (unpaired) electrons. The van der Waals surface area contributed by atoms with Crippen LogP contribution in [0.1, 0.15) is 66.4 Å². The van der Waals surface area contributed by atoms with Crippen molar-refractivity contribution in [3.8, 4) is 0 Å². The number of nitrogens with zero attached hydrogens (tertiary/aromatic N) is 3. The van der Waals surface area contributed by atoms with E-state index in [9.17, 15) is 14.4 Å². The second-order valence-corrected chi connectivity index (χ2v) is 9.86. The van der Waals surface area contributed by atoms with Gasteiger partial charge in [0, 0.05) is 24.5 Å². The largest absolute Gasteiger partial charge is 0.354 e. The monoisotopic (exact) mass is 459 g/mol. The topological polar surface area (TPSA) is 96.3 Å². The number of carbonyl (C=O) groups excluding carboxylic acids is 3. The van der Waals surface area contributed by atoms with Crippen LogP contribution in [0.2, 0.25) is 0 Å². The average Bonchev–Trinajstić information content (AvgIpc) is 3.40. The molecule has 8 nitrogen and oxygen atoms in total. The molecule has 0 saturated carbocycles. The molecule has 1 unspecified atom stereocenters. The highest BCUT2D eigenvalue weighted by molar-refractivity contribution is 7.09. The highest BCUT2D eigenvalue weighted by Gasteiger charge is 2.48. The molecule has 0 fully saturated rings. The lowest BCUT2D eigenvalue weighted by Crippen LogP contribution is -2.64. The molecule has 3 heterocycles. The first-order chi connectivity index (χ1) is 15.3. The summed E-state index contributed by atoms with van der Waals surface area (Å²) >= 11 is 1.64. The van der Waals surface area contributed by atoms with Crippen LogP contribution in [0.4, 0.5) is 0 Å². The van der Waals surface area contributed by atoms with Crippen molar-refractivity contribution in [2.45, 2.75) is 59.0 Å². The molecule has 174 valence electrons. The van der Waals surface area contributed by atoms with E-state index < -0.39 is 5.54 Å². The zero-order chi connectivity index (χ0) is 23.3. The van der Waals surface area contributed by atoms with Crippen LogP contribution in [-0.4, -0.2) is 57.3 Å². The first kappa shape index (κ1) is 24.0. The zero-order valence-electron chi connectivity index (χ0n) is 19.3. The fourth-order valence-corrected chi connectivity index (χ4v) is 4.64. The van der Waals surface area contributed by atoms with Crippen molar-refractivity contribution in [2.24, 2.45) is 5.92 Å². The van der Waals surface area contributed by atoms with Crippen molar-refractivity contribution in [2.75, 3.05) is 19.6 Å². The van der Waals surface area contributed by atoms with E-state index in [0.717, 1.165) is 12.8 Å². The van der Waals surface area contributed by atoms with Gasteiger partial charge < -0.3 is 20.1 Å². The minimum atomic E-state index is -1.04. The van der Waals surface area contributed by atoms with Crippen LogP contribution in [0, 0.1) is 5.92 Å². The van der Waals surface area contributed by atoms with Gasteiger partial charge in [0.05, 0.1) is 12.9 Å². The van der Waals surface area contributed by atoms with Crippen LogP contribution in [-0.2, 0) is 17.8 Å². The fraction of sp³-hybridized carbons (Fsp3) is 0.565. The van der Waals surface area contributed by atoms with E-state index in [1.54, 1.807) is 27.7 Å². The Balaban J connectivity index is 1.77. The summed E-state index contributed by atoms with van der Waals surface area (Å²) in [5.41, 5.74) is -0.672. The molecule has 2 aromatic heterocycles. The van der Waals surface area contributed by atoms with Crippen LogP contribution in [0.15, 0.2) is 23.8 Å². The summed E-state index contributed by atoms with van der Waals surface area (Å²) in [6, 6.07) is 4.00. The number of hydrogen-bond donors (Lipinski definition) is 2. The van der Waals surface area contributed by atoms with Crippen LogP contribution in [0.5, 0.6) is 0 Å². The number of imidazole rings is 1. The van der Waals surface area contributed by atoms with Crippen molar-refractivity contribution in [1.29, 1.82) is 0 Å². The molecule has 2 N–H and O–H groups in total. The predicted octanol–water partition coefficient (Wildman–Crippen LogP) is 2.70. The Morgan fingerprint density at radius 1 is 1.28 bits per heavy atom. The molecule has 0 aliphatic carbocycles. The van der Waals surface area contributed by atoms with Gasteiger partial charge in [-0.05, 0) is 43.6 Å². The van der Waals surface area contributed by atoms with Crippen LogP contribution < -0.4 is 10.6 Å². The van der Waals surface area contributed by atoms with E-state index in [1.165, 1.54) is 11.2 Å². The van der Waals surface area contributed by atoms with Gasteiger partial charge in [-0.25, -0.2) is 4.98 Å². The normalized spacial score (nSPS) is 18.0. The number of nitrogens with one attached hydrogen (secondary N) is 2. The maximum absolute atomic E-state index is 13.5. The van der Waals surface area contributed by atoms with E-state index in [1.807, 2.05) is 24.4 Å². The summed E-state index contributed by atoms with van der Waals surface area (Å²) in [6.07, 6.45) is 3.79. The SMILES string of the molecule is CCCN1C(=O)c2c(C(=O)NCCc3cccs3)ncn2CC1(C)C(=O)NCCC(C)C. The third kappa shape index (κ3) is 5.03. The average molecular weight is 460 g/mol. The number of thiophene rings is 1. The number of aromatic nitrogens is 2. The van der Waals surface area contributed by atoms with E-state index in [-0.39, 0.29) is 35.7 Å². The molecular weight excluding hydrogens is 426 g/mol. The van der Waals surface area contributed by atoms with Gasteiger partial charge >= 0.3 is 0 Å². The maximum atomic E-state index is 13.5. The number of hydrogen-bond acceptors (Lipinski definition) is 5. The summed E-state index contributed by atoms with van der Waals surface area (Å²) < 4.78 is 1.64. The number of fused-ring (bicyclic) bond motifs is 1. The van der Waals surface area contributed by atoms with E-state index in [0.29, 0.717) is 32.0 Å². The minimum absolute atomic E-state index is 0.115. The number of amides is 3. The van der Waals surface area contributed by atoms with Gasteiger partial charge in [-0.15, -0.1) is 11.3 Å². The molecule has 1 atom stereocenters. The van der Waals surface area contributed by atoms with Crippen molar-refractivity contribution in [3.05, 3.63) is 40.1 Å². The molecule has 2 aromatic rings. The standard InChI is InChI=1S/C23H33N5O3S/c1-5-12-28-21(30)19-18(20(29)24-11-9-17-7-6-13-32-17)26-15-27(19)14-23(28,4)22(31)25-10-8-16(2)3/h6-7,13,15-16H,5,8-12,14H2,1-4H3,(H,24,29)(H,25,31). The predicted molar refractivity (Wildman–Crippen MR) is 125 cm³/mol. The fourth-order valence-electron chi connectivity index (χ4n) is 3.93. The van der Waals surface area contributed by atoms with Crippen LogP contribution in [0.25, 0.3) is 0 Å². The second-order valence-electron chi connectivity index (χ2n) is 8.82. The number of rotatable bonds is 10. The van der Waals surface area contributed by atoms with Gasteiger partial charge in [-0.3, -0.25) is 14.4 Å². The van der Waals surface area contributed by atoms with Crippen molar-refractivity contribution >= 4 is 29.1 Å². The molecule has 0 spiro atoms. The Labute approximate surface area is 193 Å². The Kier molecular flexibility index (Phi) is 7.71. The first-order valence-corrected chi connectivity index (χ1v) is 12.1. The lowest BCUT2D eigenvalue weighted by atomic mass is 9.93. The molecule has 3 amide bonds. The third-order valence-corrected chi connectivity index (χ3v) is 6.69. The maximum Gasteiger partial charge on any atom is 0.273 e. The third-order valence-electron chi connectivity index (χ3n) is 5.76. The van der Waals surface area contributed by atoms with E-state index in [2.05, 4.69) is 29.5 Å². The van der Waals surface area contributed by atoms with Crippen molar-refractivity contribution in [3.63, 3.8) is 0 Å². The molecule has 3 rings (SSSR count). The van der Waals surface area contributed by atoms with Crippen molar-refractivity contribution < 1.29 is 14.4 Å². The van der Waals surface area contributed by atoms with E-state index in [4.69, 9.17) is 0 Å². The molecule has 0 saturated heterocycles. The molecule has 32 heavy (non-hydrogen) atoms. The molecule has 0 bridgehead atoms. The summed E-state index contributed by atoms with van der Waals surface area (Å²) in [5.74, 6) is -0.407. The first-order valence-electron chi connectivity index (χ1n) is 11.2. The molecule has 9 heteroatoms. The smallest absolute Gasteiger partial charge is 0.273 e. The Morgan fingerprint density at radius 3 is 2.72 bits per heavy atom. The van der Waals surface area contributed by atoms with Gasteiger partial charge in [-0.1, -0.05) is 26.8 Å². The highest BCUT2D eigenvalue weighted by Crippen LogP contribution is 2.29. The molecular formula is C23H33N5O3S. The van der Waals surface area contributed by atoms with Crippen LogP contribution >= 0.6 is 11.3 Å². The Morgan fingerprint density at radius 2 is 2.06 bits per heavy atom. The van der Waals surface area contributed by atoms with Gasteiger partial charge in [0.1, 0.15) is 11.2 Å². The van der Waals surface area contributed by atoms with Crippen LogP contribution in [0.3, 0.4) is 0 Å². The summed E-state index contributed by atoms with van der Waals surface area (Å²) in [4.78, 5) is 46.4. The van der Waals surface area contributed by atoms with Gasteiger partial charge in [0.25, 0.3) is 11.8 Å². The summed E-state index contributed by atoms with van der Waals surface area (Å²) in [6.45, 7) is 9.68. The molecule has 1 aliphatic rings. The van der Waals surface area contributed by atoms with Gasteiger partial charge in [0.15, 0.2) is 5.69 Å². The Bertz CT molecular complexity index is 953. The lowest BCUT2D eigenvalue weighted by Gasteiger charge is -2.43. The van der Waals surface area contributed by atoms with E-state index >= 15 is 0 Å². The minimum Gasteiger partial charge on any atom is -0.354 e. The lowest BCUT2D eigenvalue weighted by molar-refractivity contribution is -0.132. The quantitative estimate of drug-likeness (QED) is 0.571. The van der Waals surface area contributed by atoms with Gasteiger partial charge in [-0.2, -0.15) is 0 Å². The van der Waals surface area contributed by atoms with Gasteiger partial charge in [0.2, 0.25) is 5.91 Å². The summed E-state index contributed by atoms with van der Waals surface area (Å²) in [5, 5.41) is 7.85. The molecule has 1 aliphatic heterocycles. The molecule has 0 aromatic carbocycles. The number of carbonyl (C=O) groups is 3. The summed E-state index contributed by atoms with van der Waals surface area (Å²) in [7, 11) is 0. The second kappa shape index (κ2) is 10.3.